The zero-order valence-electron chi connectivity index (χ0n) is 23.8. The summed E-state index contributed by atoms with van der Waals surface area (Å²) in [6.45, 7) is 15.3. The molecule has 0 aliphatic rings. The SMILES string of the molecule is Cc1ccc(-c2cccc3[cH-]c(C)cc23)cc1.Cc1ccc(-c2cccc3[cH-]c(C)cc23)cc1.[CH2-]C[CH2-].[Cl-].[Cl-].[Zr+2]. The second-order valence-corrected chi connectivity index (χ2v) is 9.77. The van der Waals surface area contributed by atoms with Crippen LogP contribution < -0.4 is 24.8 Å². The number of benzene rings is 4. The van der Waals surface area contributed by atoms with Gasteiger partial charge in [0.15, 0.2) is 0 Å². The molecule has 0 heterocycles. The molecule has 0 saturated heterocycles. The van der Waals surface area contributed by atoms with Gasteiger partial charge in [-0.25, -0.2) is 0 Å². The van der Waals surface area contributed by atoms with Gasteiger partial charge in [-0.2, -0.15) is 12.1 Å². The first-order chi connectivity index (χ1) is 17.9. The quantitative estimate of drug-likeness (QED) is 0.240. The fourth-order valence-electron chi connectivity index (χ4n) is 4.74. The molecule has 0 bridgehead atoms. The van der Waals surface area contributed by atoms with Crippen LogP contribution in [-0.4, -0.2) is 0 Å². The van der Waals surface area contributed by atoms with Crippen molar-refractivity contribution in [3.8, 4) is 22.3 Å². The van der Waals surface area contributed by atoms with Gasteiger partial charge in [0.1, 0.15) is 0 Å². The first-order valence-corrected chi connectivity index (χ1v) is 12.9. The van der Waals surface area contributed by atoms with Gasteiger partial charge < -0.3 is 45.1 Å². The Morgan fingerprint density at radius 1 is 0.525 bits per heavy atom. The first kappa shape index (κ1) is 35.6. The standard InChI is InChI=1S/2C17H15.C3H6.2ClH.Zr/c2*1-12-6-8-14(9-7-12)16-5-3-4-15-10-13(2)11-17(15)16;1-3-2;;;/h2*3-11H,1-2H3;1-3H2;2*1H;/q2*-1;-2;;;+2/p-2. The van der Waals surface area contributed by atoms with Crippen molar-refractivity contribution in [2.45, 2.75) is 34.1 Å². The van der Waals surface area contributed by atoms with E-state index in [2.05, 4.69) is 151 Å². The molecule has 6 aromatic carbocycles. The molecule has 6 rings (SSSR count). The Kier molecular flexibility index (Phi) is 14.9. The van der Waals surface area contributed by atoms with E-state index in [9.17, 15) is 0 Å². The van der Waals surface area contributed by atoms with Crippen molar-refractivity contribution in [1.82, 2.24) is 0 Å². The molecule has 0 atom stereocenters. The van der Waals surface area contributed by atoms with E-state index in [1.54, 1.807) is 0 Å². The maximum Gasteiger partial charge on any atom is 2.00 e. The van der Waals surface area contributed by atoms with Crippen LogP contribution in [0.1, 0.15) is 28.7 Å². The maximum absolute atomic E-state index is 3.38. The van der Waals surface area contributed by atoms with E-state index < -0.39 is 0 Å². The Bertz CT molecular complexity index is 1460. The minimum Gasteiger partial charge on any atom is -1.00 e. The minimum atomic E-state index is 0. The number of hydrogen-bond donors (Lipinski definition) is 0. The summed E-state index contributed by atoms with van der Waals surface area (Å²) in [6.07, 6.45) is 0.750. The van der Waals surface area contributed by atoms with E-state index >= 15 is 0 Å². The summed E-state index contributed by atoms with van der Waals surface area (Å²) in [5.41, 5.74) is 10.5. The van der Waals surface area contributed by atoms with Crippen LogP contribution in [0, 0.1) is 41.5 Å². The molecule has 0 saturated carbocycles. The van der Waals surface area contributed by atoms with E-state index in [1.165, 1.54) is 66.1 Å². The topological polar surface area (TPSA) is 0 Å². The van der Waals surface area contributed by atoms with Gasteiger partial charge in [0, 0.05) is 0 Å². The van der Waals surface area contributed by atoms with Crippen molar-refractivity contribution < 1.29 is 51.0 Å². The molecule has 0 N–H and O–H groups in total. The zero-order chi connectivity index (χ0) is 26.4. The third-order valence-corrected chi connectivity index (χ3v) is 6.52. The summed E-state index contributed by atoms with van der Waals surface area (Å²) in [5, 5.41) is 5.38. The summed E-state index contributed by atoms with van der Waals surface area (Å²) in [6, 6.07) is 39.5. The Morgan fingerprint density at radius 2 is 0.850 bits per heavy atom. The summed E-state index contributed by atoms with van der Waals surface area (Å²) in [4.78, 5) is 0. The van der Waals surface area contributed by atoms with E-state index in [0.29, 0.717) is 0 Å². The molecule has 0 unspecified atom stereocenters. The summed E-state index contributed by atoms with van der Waals surface area (Å²) in [5.74, 6) is 0. The van der Waals surface area contributed by atoms with Crippen LogP contribution in [0.2, 0.25) is 0 Å². The van der Waals surface area contributed by atoms with Crippen LogP contribution in [-0.2, 0) is 26.2 Å². The fraction of sp³-hybridized carbons (Fsp3) is 0.135. The zero-order valence-corrected chi connectivity index (χ0v) is 27.7. The molecule has 0 aromatic heterocycles. The van der Waals surface area contributed by atoms with Gasteiger partial charge >= 0.3 is 26.2 Å². The maximum atomic E-state index is 3.38. The van der Waals surface area contributed by atoms with Crippen molar-refractivity contribution in [2.75, 3.05) is 0 Å². The van der Waals surface area contributed by atoms with Crippen LogP contribution in [0.25, 0.3) is 43.8 Å². The number of hydrogen-bond acceptors (Lipinski definition) is 0. The van der Waals surface area contributed by atoms with Crippen LogP contribution >= 0.6 is 0 Å². The molecule has 206 valence electrons. The van der Waals surface area contributed by atoms with E-state index in [0.717, 1.165) is 6.42 Å². The molecule has 0 radical (unpaired) electrons. The number of aryl methyl sites for hydroxylation is 4. The minimum absolute atomic E-state index is 0. The van der Waals surface area contributed by atoms with Gasteiger partial charge in [-0.1, -0.05) is 96.8 Å². The normalized spacial score (nSPS) is 9.75. The van der Waals surface area contributed by atoms with Crippen LogP contribution in [0.15, 0.2) is 109 Å². The average Bonchev–Trinajstić information content (AvgIpc) is 3.46. The Balaban J connectivity index is 0.000000341. The largest absolute Gasteiger partial charge is 2.00 e. The van der Waals surface area contributed by atoms with Gasteiger partial charge in [0.2, 0.25) is 0 Å². The monoisotopic (exact) mass is 640 g/mol. The second-order valence-electron chi connectivity index (χ2n) is 9.77. The third kappa shape index (κ3) is 8.78. The van der Waals surface area contributed by atoms with Crippen LogP contribution in [0.5, 0.6) is 0 Å². The molecule has 3 heteroatoms. The molecule has 0 aliphatic heterocycles. The fourth-order valence-corrected chi connectivity index (χ4v) is 4.74. The molecule has 0 nitrogen and oxygen atoms in total. The number of fused-ring (bicyclic) bond motifs is 2. The van der Waals surface area contributed by atoms with Gasteiger partial charge in [-0.15, -0.1) is 69.1 Å². The van der Waals surface area contributed by atoms with Gasteiger partial charge in [0.05, 0.1) is 0 Å². The Morgan fingerprint density at radius 3 is 1.18 bits per heavy atom. The van der Waals surface area contributed by atoms with E-state index in [4.69, 9.17) is 0 Å². The number of rotatable bonds is 2. The van der Waals surface area contributed by atoms with Gasteiger partial charge in [-0.05, 0) is 25.0 Å². The van der Waals surface area contributed by atoms with Gasteiger partial charge in [0.25, 0.3) is 0 Å². The molecule has 0 fully saturated rings. The average molecular weight is 643 g/mol. The summed E-state index contributed by atoms with van der Waals surface area (Å²) < 4.78 is 0. The molecule has 0 spiro atoms. The third-order valence-electron chi connectivity index (χ3n) is 6.52. The van der Waals surface area contributed by atoms with Crippen LogP contribution in [0.3, 0.4) is 0 Å². The molecule has 40 heavy (non-hydrogen) atoms. The second kappa shape index (κ2) is 16.7. The van der Waals surface area contributed by atoms with E-state index in [1.807, 2.05) is 0 Å². The smallest absolute Gasteiger partial charge is 1.00 e. The molecule has 0 aliphatic carbocycles. The Labute approximate surface area is 272 Å². The summed E-state index contributed by atoms with van der Waals surface area (Å²) >= 11 is 0. The van der Waals surface area contributed by atoms with E-state index in [-0.39, 0.29) is 51.0 Å². The van der Waals surface area contributed by atoms with Crippen molar-refractivity contribution >= 4 is 21.5 Å². The molecular weight excluding hydrogens is 607 g/mol. The first-order valence-electron chi connectivity index (χ1n) is 12.9. The van der Waals surface area contributed by atoms with Crippen molar-refractivity contribution in [3.05, 3.63) is 145 Å². The van der Waals surface area contributed by atoms with Crippen molar-refractivity contribution in [1.29, 1.82) is 0 Å². The molecular formula is C37H36Cl2Zr-4. The van der Waals surface area contributed by atoms with Gasteiger partial charge in [-0.3, -0.25) is 0 Å². The Hall–Kier alpha value is -2.44. The predicted molar refractivity (Wildman–Crippen MR) is 164 cm³/mol. The van der Waals surface area contributed by atoms with Crippen LogP contribution in [0.4, 0.5) is 0 Å². The van der Waals surface area contributed by atoms with Crippen molar-refractivity contribution in [2.24, 2.45) is 0 Å². The summed E-state index contributed by atoms with van der Waals surface area (Å²) in [7, 11) is 0. The molecule has 0 amide bonds. The molecule has 6 aromatic rings. The number of halogens is 2. The predicted octanol–water partition coefficient (Wildman–Crippen LogP) is 4.74. The van der Waals surface area contributed by atoms with Crippen molar-refractivity contribution in [3.63, 3.8) is 0 Å².